The van der Waals surface area contributed by atoms with Crippen molar-refractivity contribution in [1.82, 2.24) is 15.0 Å². The Morgan fingerprint density at radius 3 is 2.85 bits per heavy atom. The summed E-state index contributed by atoms with van der Waals surface area (Å²) in [5.74, 6) is 0.497. The maximum Gasteiger partial charge on any atom is 0.233 e. The van der Waals surface area contributed by atoms with Crippen molar-refractivity contribution in [1.29, 1.82) is 0 Å². The predicted octanol–water partition coefficient (Wildman–Crippen LogP) is 3.61. The van der Waals surface area contributed by atoms with Gasteiger partial charge in [0.15, 0.2) is 0 Å². The molecule has 0 radical (unpaired) electrons. The standard InChI is InChI=1S/C13H14Cl2N4O/c1-2-3-6-20-12-10(15)8(4-5-17-12)11-9(14)7-18-13(16)19-11/h4-5,7H,2-3,6H2,1H3,(H2,16,18,19). The van der Waals surface area contributed by atoms with E-state index < -0.39 is 0 Å². The molecule has 0 bridgehead atoms. The molecular formula is C13H14Cl2N4O. The van der Waals surface area contributed by atoms with E-state index in [1.807, 2.05) is 0 Å². The topological polar surface area (TPSA) is 73.9 Å². The number of unbranched alkanes of at least 4 members (excludes halogenated alkanes) is 1. The first-order valence-electron chi connectivity index (χ1n) is 6.19. The average Bonchev–Trinajstić information content (AvgIpc) is 2.44. The lowest BCUT2D eigenvalue weighted by molar-refractivity contribution is 0.298. The molecule has 0 unspecified atom stereocenters. The molecule has 2 aromatic heterocycles. The van der Waals surface area contributed by atoms with Crippen LogP contribution < -0.4 is 10.5 Å². The minimum absolute atomic E-state index is 0.130. The van der Waals surface area contributed by atoms with E-state index in [2.05, 4.69) is 21.9 Å². The molecule has 20 heavy (non-hydrogen) atoms. The SMILES string of the molecule is CCCCOc1nccc(-c2nc(N)ncc2Cl)c1Cl. The zero-order valence-corrected chi connectivity index (χ0v) is 12.4. The number of nitrogens with zero attached hydrogens (tertiary/aromatic N) is 3. The highest BCUT2D eigenvalue weighted by molar-refractivity contribution is 6.36. The van der Waals surface area contributed by atoms with Crippen molar-refractivity contribution >= 4 is 29.2 Å². The van der Waals surface area contributed by atoms with Crippen LogP contribution in [-0.4, -0.2) is 21.6 Å². The molecule has 0 saturated carbocycles. The Morgan fingerprint density at radius 1 is 1.30 bits per heavy atom. The maximum atomic E-state index is 6.30. The number of nitrogens with two attached hydrogens (primary N) is 1. The van der Waals surface area contributed by atoms with Crippen molar-refractivity contribution in [2.75, 3.05) is 12.3 Å². The summed E-state index contributed by atoms with van der Waals surface area (Å²) in [7, 11) is 0. The van der Waals surface area contributed by atoms with Crippen LogP contribution in [-0.2, 0) is 0 Å². The summed E-state index contributed by atoms with van der Waals surface area (Å²) in [6, 6.07) is 1.71. The largest absolute Gasteiger partial charge is 0.477 e. The first-order chi connectivity index (χ1) is 9.63. The number of hydrogen-bond donors (Lipinski definition) is 1. The van der Waals surface area contributed by atoms with Gasteiger partial charge in [-0.15, -0.1) is 0 Å². The zero-order valence-electron chi connectivity index (χ0n) is 10.9. The monoisotopic (exact) mass is 312 g/mol. The summed E-state index contributed by atoms with van der Waals surface area (Å²) in [6.07, 6.45) is 5.00. The van der Waals surface area contributed by atoms with E-state index in [1.165, 1.54) is 6.20 Å². The summed E-state index contributed by atoms with van der Waals surface area (Å²) >= 11 is 12.4. The normalized spacial score (nSPS) is 10.6. The fourth-order valence-electron chi connectivity index (χ4n) is 1.59. The van der Waals surface area contributed by atoms with Gasteiger partial charge in [-0.2, -0.15) is 0 Å². The second-order valence-electron chi connectivity index (χ2n) is 4.10. The summed E-state index contributed by atoms with van der Waals surface area (Å²) in [5.41, 5.74) is 6.66. The zero-order chi connectivity index (χ0) is 14.5. The molecule has 2 heterocycles. The number of ether oxygens (including phenoxy) is 1. The third-order valence-corrected chi connectivity index (χ3v) is 3.25. The number of rotatable bonds is 5. The van der Waals surface area contributed by atoms with Gasteiger partial charge < -0.3 is 10.5 Å². The first kappa shape index (κ1) is 14.8. The number of hydrogen-bond acceptors (Lipinski definition) is 5. The van der Waals surface area contributed by atoms with Crippen LogP contribution in [0.4, 0.5) is 5.95 Å². The molecule has 0 aliphatic carbocycles. The van der Waals surface area contributed by atoms with Gasteiger partial charge in [0.25, 0.3) is 0 Å². The Labute approximate surface area is 127 Å². The molecule has 5 nitrogen and oxygen atoms in total. The number of anilines is 1. The Morgan fingerprint density at radius 2 is 2.10 bits per heavy atom. The van der Waals surface area contributed by atoms with Crippen LogP contribution in [0.5, 0.6) is 5.88 Å². The fraction of sp³-hybridized carbons (Fsp3) is 0.308. The fourth-order valence-corrected chi connectivity index (χ4v) is 2.04. The Balaban J connectivity index is 2.37. The molecule has 106 valence electrons. The van der Waals surface area contributed by atoms with Crippen molar-refractivity contribution in [3.8, 4) is 17.1 Å². The van der Waals surface area contributed by atoms with E-state index >= 15 is 0 Å². The third-order valence-electron chi connectivity index (χ3n) is 2.61. The van der Waals surface area contributed by atoms with E-state index in [-0.39, 0.29) is 5.95 Å². The van der Waals surface area contributed by atoms with Gasteiger partial charge >= 0.3 is 0 Å². The van der Waals surface area contributed by atoms with Crippen LogP contribution in [0.3, 0.4) is 0 Å². The van der Waals surface area contributed by atoms with Crippen molar-refractivity contribution in [2.24, 2.45) is 0 Å². The molecule has 0 spiro atoms. The summed E-state index contributed by atoms with van der Waals surface area (Å²) < 4.78 is 5.55. The molecule has 2 rings (SSSR count). The van der Waals surface area contributed by atoms with Crippen molar-refractivity contribution in [3.05, 3.63) is 28.5 Å². The molecule has 0 aliphatic heterocycles. The molecular weight excluding hydrogens is 299 g/mol. The number of halogens is 2. The van der Waals surface area contributed by atoms with Gasteiger partial charge in [-0.05, 0) is 12.5 Å². The molecule has 0 aromatic carbocycles. The second kappa shape index (κ2) is 6.72. The lowest BCUT2D eigenvalue weighted by Crippen LogP contribution is -2.01. The quantitative estimate of drug-likeness (QED) is 0.854. The smallest absolute Gasteiger partial charge is 0.233 e. The second-order valence-corrected chi connectivity index (χ2v) is 4.89. The molecule has 2 N–H and O–H groups in total. The molecule has 7 heteroatoms. The lowest BCUT2D eigenvalue weighted by atomic mass is 10.2. The Hall–Kier alpha value is -1.59. The molecule has 0 atom stereocenters. The van der Waals surface area contributed by atoms with Crippen molar-refractivity contribution in [3.63, 3.8) is 0 Å². The summed E-state index contributed by atoms with van der Waals surface area (Å²) in [6.45, 7) is 2.64. The van der Waals surface area contributed by atoms with E-state index in [0.29, 0.717) is 33.8 Å². The highest BCUT2D eigenvalue weighted by Crippen LogP contribution is 2.35. The van der Waals surface area contributed by atoms with Crippen molar-refractivity contribution in [2.45, 2.75) is 19.8 Å². The number of nitrogen functional groups attached to an aromatic ring is 1. The van der Waals surface area contributed by atoms with Crippen LogP contribution in [0.1, 0.15) is 19.8 Å². The van der Waals surface area contributed by atoms with Crippen LogP contribution in [0.15, 0.2) is 18.5 Å². The van der Waals surface area contributed by atoms with E-state index in [1.54, 1.807) is 12.3 Å². The highest BCUT2D eigenvalue weighted by atomic mass is 35.5. The van der Waals surface area contributed by atoms with Crippen LogP contribution in [0, 0.1) is 0 Å². The van der Waals surface area contributed by atoms with Crippen molar-refractivity contribution < 1.29 is 4.74 Å². The molecule has 0 fully saturated rings. The van der Waals surface area contributed by atoms with E-state index in [9.17, 15) is 0 Å². The molecule has 0 saturated heterocycles. The van der Waals surface area contributed by atoms with E-state index in [0.717, 1.165) is 12.8 Å². The number of aromatic nitrogens is 3. The van der Waals surface area contributed by atoms with Gasteiger partial charge in [-0.1, -0.05) is 36.5 Å². The molecule has 0 aliphatic rings. The Kier molecular flexibility index (Phi) is 4.98. The maximum absolute atomic E-state index is 6.30. The summed E-state index contributed by atoms with van der Waals surface area (Å²) in [4.78, 5) is 12.0. The van der Waals surface area contributed by atoms with Gasteiger partial charge in [-0.3, -0.25) is 0 Å². The average molecular weight is 313 g/mol. The minimum Gasteiger partial charge on any atom is -0.477 e. The molecule has 0 amide bonds. The van der Waals surface area contributed by atoms with Crippen LogP contribution >= 0.6 is 23.2 Å². The first-order valence-corrected chi connectivity index (χ1v) is 6.94. The highest BCUT2D eigenvalue weighted by Gasteiger charge is 2.15. The van der Waals surface area contributed by atoms with Crippen LogP contribution in [0.25, 0.3) is 11.3 Å². The summed E-state index contributed by atoms with van der Waals surface area (Å²) in [5, 5.41) is 0.732. The molecule has 2 aromatic rings. The number of pyridine rings is 1. The van der Waals surface area contributed by atoms with Crippen LogP contribution in [0.2, 0.25) is 10.0 Å². The van der Waals surface area contributed by atoms with Gasteiger partial charge in [0.2, 0.25) is 11.8 Å². The van der Waals surface area contributed by atoms with Gasteiger partial charge in [0, 0.05) is 11.8 Å². The minimum atomic E-state index is 0.130. The van der Waals surface area contributed by atoms with Gasteiger partial charge in [-0.25, -0.2) is 15.0 Å². The Bertz CT molecular complexity index is 607. The lowest BCUT2D eigenvalue weighted by Gasteiger charge is -2.10. The van der Waals surface area contributed by atoms with Gasteiger partial charge in [0.1, 0.15) is 5.02 Å². The third kappa shape index (κ3) is 3.29. The predicted molar refractivity (Wildman–Crippen MR) is 80.1 cm³/mol. The van der Waals surface area contributed by atoms with E-state index in [4.69, 9.17) is 33.7 Å². The van der Waals surface area contributed by atoms with Gasteiger partial charge in [0.05, 0.1) is 23.5 Å².